The van der Waals surface area contributed by atoms with Gasteiger partial charge in [-0.05, 0) is 36.3 Å². The van der Waals surface area contributed by atoms with Crippen LogP contribution in [0, 0.1) is 0 Å². The van der Waals surface area contributed by atoms with Crippen molar-refractivity contribution in [2.24, 2.45) is 0 Å². The number of hydrogen-bond acceptors (Lipinski definition) is 6. The lowest BCUT2D eigenvalue weighted by atomic mass is 9.94. The number of hydrogen-bond donors (Lipinski definition) is 1. The molecule has 0 aliphatic heterocycles. The summed E-state index contributed by atoms with van der Waals surface area (Å²) in [4.78, 5) is 17.2. The van der Waals surface area contributed by atoms with E-state index in [0.29, 0.717) is 6.04 Å². The van der Waals surface area contributed by atoms with Crippen LogP contribution in [0.4, 0.5) is 5.13 Å². The molecular weight excluding hydrogens is 292 g/mol. The molecule has 6 heteroatoms. The summed E-state index contributed by atoms with van der Waals surface area (Å²) >= 11 is 3.38. The highest BCUT2D eigenvalue weighted by Crippen LogP contribution is 2.36. The number of rotatable bonds is 4. The number of esters is 1. The lowest BCUT2D eigenvalue weighted by Crippen LogP contribution is -2.15. The van der Waals surface area contributed by atoms with Crippen LogP contribution in [0.25, 0.3) is 0 Å². The molecule has 0 spiro atoms. The van der Waals surface area contributed by atoms with Crippen LogP contribution in [0.15, 0.2) is 16.8 Å². The van der Waals surface area contributed by atoms with Crippen LogP contribution in [0.1, 0.15) is 35.0 Å². The monoisotopic (exact) mass is 308 g/mol. The highest BCUT2D eigenvalue weighted by Gasteiger charge is 2.22. The predicted octanol–water partition coefficient (Wildman–Crippen LogP) is 3.41. The molecule has 1 aliphatic rings. The number of carbonyl (C=O) groups excluding carboxylic acids is 1. The van der Waals surface area contributed by atoms with E-state index in [4.69, 9.17) is 0 Å². The van der Waals surface area contributed by atoms with Gasteiger partial charge in [-0.3, -0.25) is 4.79 Å². The van der Waals surface area contributed by atoms with E-state index in [1.807, 2.05) is 16.7 Å². The zero-order chi connectivity index (χ0) is 13.9. The van der Waals surface area contributed by atoms with Gasteiger partial charge in [0, 0.05) is 10.3 Å². The lowest BCUT2D eigenvalue weighted by molar-refractivity contribution is -0.139. The van der Waals surface area contributed by atoms with Crippen LogP contribution in [0.3, 0.4) is 0 Å². The number of nitrogens with zero attached hydrogens (tertiary/aromatic N) is 1. The van der Waals surface area contributed by atoms with E-state index in [-0.39, 0.29) is 12.4 Å². The molecule has 0 radical (unpaired) electrons. The van der Waals surface area contributed by atoms with Crippen LogP contribution in [0.5, 0.6) is 0 Å². The number of ether oxygens (including phenoxy) is 1. The number of aromatic nitrogens is 1. The van der Waals surface area contributed by atoms with E-state index < -0.39 is 0 Å². The minimum Gasteiger partial charge on any atom is -0.469 e. The lowest BCUT2D eigenvalue weighted by Gasteiger charge is -2.23. The van der Waals surface area contributed by atoms with Gasteiger partial charge in [0.05, 0.1) is 25.3 Å². The quantitative estimate of drug-likeness (QED) is 0.879. The van der Waals surface area contributed by atoms with Crippen LogP contribution in [-0.2, 0) is 22.4 Å². The number of anilines is 1. The van der Waals surface area contributed by atoms with Gasteiger partial charge in [-0.15, -0.1) is 22.7 Å². The summed E-state index contributed by atoms with van der Waals surface area (Å²) in [6, 6.07) is 2.56. The third-order valence-corrected chi connectivity index (χ3v) is 5.27. The van der Waals surface area contributed by atoms with Gasteiger partial charge >= 0.3 is 5.97 Å². The molecule has 0 saturated carbocycles. The average Bonchev–Trinajstić information content (AvgIpc) is 3.08. The van der Waals surface area contributed by atoms with Crippen molar-refractivity contribution in [2.45, 2.75) is 31.7 Å². The Bertz CT molecular complexity index is 606. The zero-order valence-corrected chi connectivity index (χ0v) is 12.9. The van der Waals surface area contributed by atoms with Gasteiger partial charge in [-0.1, -0.05) is 0 Å². The van der Waals surface area contributed by atoms with Crippen molar-refractivity contribution in [2.75, 3.05) is 12.4 Å². The number of thiophene rings is 1. The summed E-state index contributed by atoms with van der Waals surface area (Å²) in [5, 5.41) is 8.45. The molecule has 0 aromatic carbocycles. The van der Waals surface area contributed by atoms with E-state index in [1.54, 1.807) is 11.3 Å². The average molecular weight is 308 g/mol. The Labute approximate surface area is 125 Å². The molecule has 4 nitrogen and oxygen atoms in total. The number of methoxy groups -OCH3 is 1. The van der Waals surface area contributed by atoms with Crippen molar-refractivity contribution < 1.29 is 9.53 Å². The fourth-order valence-corrected chi connectivity index (χ4v) is 4.21. The Balaban J connectivity index is 1.69. The fourth-order valence-electron chi connectivity index (χ4n) is 2.46. The van der Waals surface area contributed by atoms with Gasteiger partial charge < -0.3 is 10.1 Å². The van der Waals surface area contributed by atoms with Crippen molar-refractivity contribution in [3.8, 4) is 0 Å². The molecular formula is C14H16N2O2S2. The summed E-state index contributed by atoms with van der Waals surface area (Å²) in [6.45, 7) is 0. The largest absolute Gasteiger partial charge is 0.469 e. The molecule has 1 unspecified atom stereocenters. The number of aryl methyl sites for hydroxylation is 1. The molecule has 1 atom stereocenters. The minimum atomic E-state index is -0.250. The molecule has 2 aromatic heterocycles. The maximum absolute atomic E-state index is 11.2. The normalized spacial score (nSPS) is 17.6. The van der Waals surface area contributed by atoms with Gasteiger partial charge in [-0.2, -0.15) is 0 Å². The molecule has 0 bridgehead atoms. The first kappa shape index (κ1) is 13.6. The molecule has 20 heavy (non-hydrogen) atoms. The predicted molar refractivity (Wildman–Crippen MR) is 81.5 cm³/mol. The van der Waals surface area contributed by atoms with Crippen LogP contribution in [0.2, 0.25) is 0 Å². The molecule has 0 saturated heterocycles. The van der Waals surface area contributed by atoms with Gasteiger partial charge in [0.1, 0.15) is 0 Å². The van der Waals surface area contributed by atoms with Crippen LogP contribution < -0.4 is 5.32 Å². The Kier molecular flexibility index (Phi) is 4.03. The Morgan fingerprint density at radius 1 is 1.55 bits per heavy atom. The molecule has 1 N–H and O–H groups in total. The molecule has 106 valence electrons. The fraction of sp³-hybridized carbons (Fsp3) is 0.429. The van der Waals surface area contributed by atoms with E-state index in [1.165, 1.54) is 30.4 Å². The number of thiazole rings is 1. The second-order valence-corrected chi connectivity index (χ2v) is 6.64. The summed E-state index contributed by atoms with van der Waals surface area (Å²) in [6.07, 6.45) is 3.78. The van der Waals surface area contributed by atoms with Crippen LogP contribution >= 0.6 is 22.7 Å². The first-order valence-corrected chi connectivity index (χ1v) is 8.36. The summed E-state index contributed by atoms with van der Waals surface area (Å²) in [5.41, 5.74) is 2.18. The second-order valence-electron chi connectivity index (χ2n) is 4.79. The Hall–Kier alpha value is -1.40. The number of fused-ring (bicyclic) bond motifs is 1. The topological polar surface area (TPSA) is 51.2 Å². The zero-order valence-electron chi connectivity index (χ0n) is 11.2. The summed E-state index contributed by atoms with van der Waals surface area (Å²) in [5.74, 6) is -0.250. The molecule has 2 heterocycles. The number of nitrogens with one attached hydrogen (secondary N) is 1. The molecule has 1 aliphatic carbocycles. The smallest absolute Gasteiger partial charge is 0.311 e. The van der Waals surface area contributed by atoms with Crippen molar-refractivity contribution in [1.82, 2.24) is 4.98 Å². The molecule has 0 fully saturated rings. The standard InChI is InChI=1S/C14H16N2O2S2/c1-18-13(17)7-9-8-20-14(15-9)16-11-3-2-4-12-10(11)5-6-19-12/h5-6,8,11H,2-4,7H2,1H3,(H,15,16). The van der Waals surface area contributed by atoms with Crippen molar-refractivity contribution in [1.29, 1.82) is 0 Å². The number of carbonyl (C=O) groups is 1. The SMILES string of the molecule is COC(=O)Cc1csc(NC2CCCc3sccc32)n1. The van der Waals surface area contributed by atoms with Crippen molar-refractivity contribution in [3.05, 3.63) is 33.0 Å². The van der Waals surface area contributed by atoms with Gasteiger partial charge in [0.15, 0.2) is 5.13 Å². The summed E-state index contributed by atoms with van der Waals surface area (Å²) < 4.78 is 4.66. The van der Waals surface area contributed by atoms with E-state index in [2.05, 4.69) is 26.5 Å². The van der Waals surface area contributed by atoms with Gasteiger partial charge in [0.25, 0.3) is 0 Å². The third kappa shape index (κ3) is 2.86. The molecule has 3 rings (SSSR count). The maximum Gasteiger partial charge on any atom is 0.311 e. The van der Waals surface area contributed by atoms with E-state index in [0.717, 1.165) is 17.2 Å². The third-order valence-electron chi connectivity index (χ3n) is 3.45. The van der Waals surface area contributed by atoms with Gasteiger partial charge in [0.2, 0.25) is 0 Å². The second kappa shape index (κ2) is 5.93. The van der Waals surface area contributed by atoms with Crippen molar-refractivity contribution in [3.63, 3.8) is 0 Å². The summed E-state index contributed by atoms with van der Waals surface area (Å²) in [7, 11) is 1.40. The minimum absolute atomic E-state index is 0.239. The van der Waals surface area contributed by atoms with Gasteiger partial charge in [-0.25, -0.2) is 4.98 Å². The van der Waals surface area contributed by atoms with Crippen LogP contribution in [-0.4, -0.2) is 18.1 Å². The van der Waals surface area contributed by atoms with E-state index >= 15 is 0 Å². The Morgan fingerprint density at radius 2 is 2.45 bits per heavy atom. The highest BCUT2D eigenvalue weighted by molar-refractivity contribution is 7.13. The molecule has 0 amide bonds. The highest BCUT2D eigenvalue weighted by atomic mass is 32.1. The first-order chi connectivity index (χ1) is 9.76. The van der Waals surface area contributed by atoms with Crippen molar-refractivity contribution >= 4 is 33.8 Å². The maximum atomic E-state index is 11.2. The first-order valence-electron chi connectivity index (χ1n) is 6.60. The Morgan fingerprint density at radius 3 is 3.30 bits per heavy atom. The van der Waals surface area contributed by atoms with E-state index in [9.17, 15) is 4.79 Å². The molecule has 2 aromatic rings.